The SMILES string of the molecule is Oc1ccc(C(=C(C(F)(F)F)C(F)(F)F)c2ccccc2)cc1. The van der Waals surface area contributed by atoms with Gasteiger partial charge < -0.3 is 5.11 Å². The Labute approximate surface area is 127 Å². The molecule has 0 amide bonds. The van der Waals surface area contributed by atoms with E-state index in [2.05, 4.69) is 0 Å². The van der Waals surface area contributed by atoms with Crippen molar-refractivity contribution in [1.29, 1.82) is 0 Å². The van der Waals surface area contributed by atoms with E-state index in [0.29, 0.717) is 0 Å². The van der Waals surface area contributed by atoms with E-state index >= 15 is 0 Å². The van der Waals surface area contributed by atoms with Crippen LogP contribution >= 0.6 is 0 Å². The molecule has 0 radical (unpaired) electrons. The van der Waals surface area contributed by atoms with Crippen LogP contribution in [0.25, 0.3) is 5.57 Å². The summed E-state index contributed by atoms with van der Waals surface area (Å²) in [6.45, 7) is 0. The van der Waals surface area contributed by atoms with Crippen molar-refractivity contribution in [3.63, 3.8) is 0 Å². The molecular formula is C16H10F6O. The van der Waals surface area contributed by atoms with E-state index in [0.717, 1.165) is 24.3 Å². The summed E-state index contributed by atoms with van der Waals surface area (Å²) in [4.78, 5) is 0. The highest BCUT2D eigenvalue weighted by molar-refractivity contribution is 5.83. The van der Waals surface area contributed by atoms with Gasteiger partial charge in [0, 0.05) is 5.57 Å². The molecule has 0 saturated heterocycles. The van der Waals surface area contributed by atoms with E-state index in [1.165, 1.54) is 30.3 Å². The standard InChI is InChI=1S/C16H10F6O/c17-15(18,19)14(16(20,21)22)13(10-4-2-1-3-5-10)11-6-8-12(23)9-7-11/h1-9,23H. The molecule has 0 aliphatic heterocycles. The van der Waals surface area contributed by atoms with Crippen LogP contribution in [0.1, 0.15) is 11.1 Å². The van der Waals surface area contributed by atoms with Crippen LogP contribution in [-0.4, -0.2) is 17.5 Å². The number of rotatable bonds is 2. The quantitative estimate of drug-likeness (QED) is 0.738. The molecule has 1 N–H and O–H groups in total. The Morgan fingerprint density at radius 1 is 0.652 bits per heavy atom. The van der Waals surface area contributed by atoms with Crippen LogP contribution in [-0.2, 0) is 0 Å². The summed E-state index contributed by atoms with van der Waals surface area (Å²) in [5.74, 6) is -0.262. The first-order valence-corrected chi connectivity index (χ1v) is 6.34. The Hall–Kier alpha value is -2.44. The first kappa shape index (κ1) is 16.9. The Morgan fingerprint density at radius 3 is 1.52 bits per heavy atom. The zero-order valence-corrected chi connectivity index (χ0v) is 11.4. The van der Waals surface area contributed by atoms with Gasteiger partial charge in [-0.05, 0) is 23.3 Å². The number of hydrogen-bond acceptors (Lipinski definition) is 1. The first-order chi connectivity index (χ1) is 10.6. The van der Waals surface area contributed by atoms with E-state index in [4.69, 9.17) is 0 Å². The third-order valence-electron chi connectivity index (χ3n) is 3.04. The number of alkyl halides is 6. The smallest absolute Gasteiger partial charge is 0.421 e. The lowest BCUT2D eigenvalue weighted by Gasteiger charge is -2.21. The molecule has 0 bridgehead atoms. The monoisotopic (exact) mass is 332 g/mol. The molecule has 0 fully saturated rings. The fourth-order valence-electron chi connectivity index (χ4n) is 2.13. The molecule has 1 nitrogen and oxygen atoms in total. The van der Waals surface area contributed by atoms with Gasteiger partial charge in [0.2, 0.25) is 0 Å². The lowest BCUT2D eigenvalue weighted by atomic mass is 9.92. The molecule has 0 unspecified atom stereocenters. The Morgan fingerprint density at radius 2 is 1.09 bits per heavy atom. The van der Waals surface area contributed by atoms with Gasteiger partial charge in [-0.15, -0.1) is 0 Å². The molecule has 0 atom stereocenters. The summed E-state index contributed by atoms with van der Waals surface area (Å²) in [7, 11) is 0. The number of phenolic OH excluding ortho intramolecular Hbond substituents is 1. The topological polar surface area (TPSA) is 20.2 Å². The number of halogens is 6. The molecule has 0 heterocycles. The maximum absolute atomic E-state index is 13.1. The minimum Gasteiger partial charge on any atom is -0.508 e. The van der Waals surface area contributed by atoms with Gasteiger partial charge in [0.1, 0.15) is 11.3 Å². The van der Waals surface area contributed by atoms with Crippen LogP contribution in [0.2, 0.25) is 0 Å². The summed E-state index contributed by atoms with van der Waals surface area (Å²) in [5, 5.41) is 9.21. The maximum Gasteiger partial charge on any atom is 0.421 e. The van der Waals surface area contributed by atoms with Crippen LogP contribution in [0.15, 0.2) is 60.2 Å². The first-order valence-electron chi connectivity index (χ1n) is 6.34. The summed E-state index contributed by atoms with van der Waals surface area (Å²) < 4.78 is 78.5. The summed E-state index contributed by atoms with van der Waals surface area (Å²) in [6, 6.07) is 10.6. The second-order valence-corrected chi connectivity index (χ2v) is 4.66. The molecule has 2 rings (SSSR count). The minimum absolute atomic E-state index is 0.220. The van der Waals surface area contributed by atoms with Crippen LogP contribution in [0.3, 0.4) is 0 Å². The van der Waals surface area contributed by atoms with Crippen molar-refractivity contribution in [1.82, 2.24) is 0 Å². The number of benzene rings is 2. The predicted molar refractivity (Wildman–Crippen MR) is 72.7 cm³/mol. The Bertz CT molecular complexity index is 680. The zero-order valence-electron chi connectivity index (χ0n) is 11.4. The predicted octanol–water partition coefficient (Wildman–Crippen LogP) is 5.32. The summed E-state index contributed by atoms with van der Waals surface area (Å²) in [6.07, 6.45) is -11.2. The number of allylic oxidation sites excluding steroid dienone is 1. The van der Waals surface area contributed by atoms with E-state index in [-0.39, 0.29) is 16.9 Å². The molecule has 2 aromatic rings. The molecule has 7 heteroatoms. The van der Waals surface area contributed by atoms with Crippen LogP contribution in [0, 0.1) is 0 Å². The van der Waals surface area contributed by atoms with Crippen molar-refractivity contribution in [2.45, 2.75) is 12.4 Å². The minimum atomic E-state index is -5.58. The highest BCUT2D eigenvalue weighted by Crippen LogP contribution is 2.45. The van der Waals surface area contributed by atoms with Crippen molar-refractivity contribution in [2.24, 2.45) is 0 Å². The Kier molecular flexibility index (Phi) is 4.40. The van der Waals surface area contributed by atoms with Gasteiger partial charge in [-0.1, -0.05) is 42.5 Å². The van der Waals surface area contributed by atoms with Crippen LogP contribution in [0.4, 0.5) is 26.3 Å². The van der Waals surface area contributed by atoms with E-state index in [1.54, 1.807) is 0 Å². The molecule has 122 valence electrons. The zero-order chi connectivity index (χ0) is 17.3. The lowest BCUT2D eigenvalue weighted by Crippen LogP contribution is -2.28. The van der Waals surface area contributed by atoms with Gasteiger partial charge >= 0.3 is 12.4 Å². The summed E-state index contributed by atoms with van der Waals surface area (Å²) >= 11 is 0. The third kappa shape index (κ3) is 3.85. The van der Waals surface area contributed by atoms with Crippen molar-refractivity contribution < 1.29 is 31.4 Å². The molecule has 0 aliphatic rings. The van der Waals surface area contributed by atoms with Gasteiger partial charge in [-0.3, -0.25) is 0 Å². The highest BCUT2D eigenvalue weighted by atomic mass is 19.4. The number of phenols is 1. The van der Waals surface area contributed by atoms with Crippen molar-refractivity contribution in [3.8, 4) is 5.75 Å². The fourth-order valence-corrected chi connectivity index (χ4v) is 2.13. The van der Waals surface area contributed by atoms with Gasteiger partial charge in [-0.2, -0.15) is 26.3 Å². The van der Waals surface area contributed by atoms with Crippen LogP contribution in [0.5, 0.6) is 5.75 Å². The average molecular weight is 332 g/mol. The van der Waals surface area contributed by atoms with Crippen molar-refractivity contribution >= 4 is 5.57 Å². The largest absolute Gasteiger partial charge is 0.508 e. The van der Waals surface area contributed by atoms with Gasteiger partial charge in [-0.25, -0.2) is 0 Å². The highest BCUT2D eigenvalue weighted by Gasteiger charge is 2.53. The molecular weight excluding hydrogens is 322 g/mol. The molecule has 2 aromatic carbocycles. The van der Waals surface area contributed by atoms with Crippen LogP contribution < -0.4 is 0 Å². The molecule has 23 heavy (non-hydrogen) atoms. The number of hydrogen-bond donors (Lipinski definition) is 1. The van der Waals surface area contributed by atoms with Crippen molar-refractivity contribution in [2.75, 3.05) is 0 Å². The van der Waals surface area contributed by atoms with Gasteiger partial charge in [0.05, 0.1) is 0 Å². The molecule has 0 aromatic heterocycles. The molecule has 0 saturated carbocycles. The second-order valence-electron chi connectivity index (χ2n) is 4.66. The van der Waals surface area contributed by atoms with E-state index in [9.17, 15) is 31.4 Å². The second kappa shape index (κ2) is 5.98. The maximum atomic E-state index is 13.1. The molecule has 0 aliphatic carbocycles. The van der Waals surface area contributed by atoms with Crippen molar-refractivity contribution in [3.05, 3.63) is 71.3 Å². The Balaban J connectivity index is 2.85. The number of aromatic hydroxyl groups is 1. The van der Waals surface area contributed by atoms with E-state index < -0.39 is 23.5 Å². The average Bonchev–Trinajstić information content (AvgIpc) is 2.44. The third-order valence-corrected chi connectivity index (χ3v) is 3.04. The van der Waals surface area contributed by atoms with Gasteiger partial charge in [0.25, 0.3) is 0 Å². The summed E-state index contributed by atoms with van der Waals surface area (Å²) in [5.41, 5.74) is -4.08. The normalized spacial score (nSPS) is 12.1. The lowest BCUT2D eigenvalue weighted by molar-refractivity contribution is -0.170. The fraction of sp³-hybridized carbons (Fsp3) is 0.125. The van der Waals surface area contributed by atoms with E-state index in [1.807, 2.05) is 0 Å². The molecule has 0 spiro atoms. The van der Waals surface area contributed by atoms with Gasteiger partial charge in [0.15, 0.2) is 0 Å².